The van der Waals surface area contributed by atoms with E-state index in [1.54, 1.807) is 11.3 Å². The van der Waals surface area contributed by atoms with E-state index in [2.05, 4.69) is 26.4 Å². The average Bonchev–Trinajstić information content (AvgIpc) is 3.22. The van der Waals surface area contributed by atoms with E-state index in [-0.39, 0.29) is 12.4 Å². The first kappa shape index (κ1) is 21.0. The summed E-state index contributed by atoms with van der Waals surface area (Å²) in [7, 11) is 3.99. The number of rotatable bonds is 7. The summed E-state index contributed by atoms with van der Waals surface area (Å²) >= 11 is 1.64. The Bertz CT molecular complexity index is 685. The third kappa shape index (κ3) is 4.68. The normalized spacial score (nSPS) is 16.2. The lowest BCUT2D eigenvalue weighted by molar-refractivity contribution is 0.0326. The van der Waals surface area contributed by atoms with Crippen molar-refractivity contribution in [1.82, 2.24) is 19.4 Å². The largest absolute Gasteiger partial charge is 0.477 e. The summed E-state index contributed by atoms with van der Waals surface area (Å²) < 4.78 is 13.5. The fraction of sp³-hybridized carbons (Fsp3) is 0.647. The van der Waals surface area contributed by atoms with Gasteiger partial charge in [-0.3, -0.25) is 4.90 Å². The van der Waals surface area contributed by atoms with Crippen LogP contribution in [0.2, 0.25) is 0 Å². The van der Waals surface area contributed by atoms with Gasteiger partial charge in [0.05, 0.1) is 38.0 Å². The molecule has 2 aromatic rings. The third-order valence-electron chi connectivity index (χ3n) is 4.25. The number of anilines is 1. The molecule has 2 aromatic heterocycles. The molecule has 26 heavy (non-hydrogen) atoms. The number of hydrogen-bond acceptors (Lipinski definition) is 7. The monoisotopic (exact) mass is 401 g/mol. The standard InChI is InChI=1S/C17H27N5O2S.ClH/c1-5-24-16-15(25-17(19-16)20(3)4)14-10-18-12-22(14)13(2)11-21-6-8-23-9-7-21;/h10,12-13H,5-9,11H2,1-4H3;1H. The number of nitrogens with zero attached hydrogens (tertiary/aromatic N) is 5. The highest BCUT2D eigenvalue weighted by Crippen LogP contribution is 2.39. The Morgan fingerprint density at radius 2 is 2.08 bits per heavy atom. The zero-order valence-electron chi connectivity index (χ0n) is 15.8. The van der Waals surface area contributed by atoms with Crippen molar-refractivity contribution in [1.29, 1.82) is 0 Å². The molecular weight excluding hydrogens is 374 g/mol. The maximum absolute atomic E-state index is 5.78. The molecule has 0 amide bonds. The lowest BCUT2D eigenvalue weighted by Crippen LogP contribution is -2.39. The number of thiazole rings is 1. The van der Waals surface area contributed by atoms with Crippen LogP contribution in [0.1, 0.15) is 19.9 Å². The van der Waals surface area contributed by atoms with Crippen molar-refractivity contribution in [3.63, 3.8) is 0 Å². The van der Waals surface area contributed by atoms with Crippen LogP contribution < -0.4 is 9.64 Å². The predicted molar refractivity (Wildman–Crippen MR) is 108 cm³/mol. The van der Waals surface area contributed by atoms with Gasteiger partial charge in [-0.2, -0.15) is 4.98 Å². The molecule has 9 heteroatoms. The maximum Gasteiger partial charge on any atom is 0.236 e. The lowest BCUT2D eigenvalue weighted by atomic mass is 10.2. The molecule has 0 radical (unpaired) electrons. The summed E-state index contributed by atoms with van der Waals surface area (Å²) in [5, 5.41) is 0.937. The highest BCUT2D eigenvalue weighted by molar-refractivity contribution is 7.19. The maximum atomic E-state index is 5.78. The highest BCUT2D eigenvalue weighted by Gasteiger charge is 2.22. The van der Waals surface area contributed by atoms with Crippen LogP contribution in [-0.4, -0.2) is 73.0 Å². The SMILES string of the molecule is CCOc1nc(N(C)C)sc1-c1cncn1C(C)CN1CCOCC1.Cl. The van der Waals surface area contributed by atoms with Gasteiger partial charge in [0.1, 0.15) is 4.88 Å². The molecule has 0 saturated carbocycles. The number of morpholine rings is 1. The second-order valence-corrected chi connectivity index (χ2v) is 7.38. The van der Waals surface area contributed by atoms with Crippen molar-refractivity contribution >= 4 is 28.9 Å². The van der Waals surface area contributed by atoms with Crippen LogP contribution >= 0.6 is 23.7 Å². The van der Waals surface area contributed by atoms with Gasteiger partial charge in [-0.25, -0.2) is 4.98 Å². The molecule has 0 bridgehead atoms. The van der Waals surface area contributed by atoms with E-state index in [0.717, 1.165) is 48.6 Å². The van der Waals surface area contributed by atoms with Gasteiger partial charge in [0.15, 0.2) is 5.13 Å². The molecule has 3 heterocycles. The van der Waals surface area contributed by atoms with E-state index in [0.29, 0.717) is 18.5 Å². The van der Waals surface area contributed by atoms with Gasteiger partial charge in [-0.05, 0) is 13.8 Å². The summed E-state index contributed by atoms with van der Waals surface area (Å²) in [6.45, 7) is 9.41. The van der Waals surface area contributed by atoms with Crippen LogP contribution in [-0.2, 0) is 4.74 Å². The Labute approximate surface area is 165 Å². The summed E-state index contributed by atoms with van der Waals surface area (Å²) in [5.74, 6) is 0.691. The minimum Gasteiger partial charge on any atom is -0.477 e. The van der Waals surface area contributed by atoms with Crippen molar-refractivity contribution in [2.24, 2.45) is 0 Å². The minimum atomic E-state index is 0. The van der Waals surface area contributed by atoms with E-state index < -0.39 is 0 Å². The van der Waals surface area contributed by atoms with Gasteiger partial charge < -0.3 is 18.9 Å². The molecule has 0 aromatic carbocycles. The van der Waals surface area contributed by atoms with Gasteiger partial charge in [0.2, 0.25) is 5.88 Å². The molecule has 1 fully saturated rings. The van der Waals surface area contributed by atoms with Crippen LogP contribution in [0.3, 0.4) is 0 Å². The average molecular weight is 402 g/mol. The van der Waals surface area contributed by atoms with Crippen LogP contribution in [0.15, 0.2) is 12.5 Å². The molecule has 0 spiro atoms. The molecule has 146 valence electrons. The van der Waals surface area contributed by atoms with E-state index in [4.69, 9.17) is 9.47 Å². The van der Waals surface area contributed by atoms with E-state index >= 15 is 0 Å². The topological polar surface area (TPSA) is 55.7 Å². The van der Waals surface area contributed by atoms with Crippen LogP contribution in [0.25, 0.3) is 10.6 Å². The first-order chi connectivity index (χ1) is 12.1. The molecule has 1 saturated heterocycles. The van der Waals surface area contributed by atoms with Crippen molar-refractivity contribution < 1.29 is 9.47 Å². The number of imidazole rings is 1. The van der Waals surface area contributed by atoms with E-state index in [1.807, 2.05) is 38.4 Å². The Morgan fingerprint density at radius 3 is 2.73 bits per heavy atom. The summed E-state index contributed by atoms with van der Waals surface area (Å²) in [5.41, 5.74) is 1.06. The van der Waals surface area contributed by atoms with Crippen molar-refractivity contribution in [3.05, 3.63) is 12.5 Å². The molecule has 1 unspecified atom stereocenters. The first-order valence-electron chi connectivity index (χ1n) is 8.73. The summed E-state index contributed by atoms with van der Waals surface area (Å²) in [6, 6.07) is 0.315. The smallest absolute Gasteiger partial charge is 0.236 e. The van der Waals surface area contributed by atoms with Crippen molar-refractivity contribution in [2.45, 2.75) is 19.9 Å². The molecule has 0 aliphatic carbocycles. The van der Waals surface area contributed by atoms with E-state index in [1.165, 1.54) is 0 Å². The molecule has 1 atom stereocenters. The fourth-order valence-electron chi connectivity index (χ4n) is 2.96. The van der Waals surface area contributed by atoms with Crippen LogP contribution in [0.4, 0.5) is 5.13 Å². The van der Waals surface area contributed by atoms with Gasteiger partial charge in [0, 0.05) is 39.8 Å². The lowest BCUT2D eigenvalue weighted by Gasteiger charge is -2.30. The Kier molecular flexibility index (Phi) is 7.69. The number of halogens is 1. The predicted octanol–water partition coefficient (Wildman–Crippen LogP) is 2.79. The van der Waals surface area contributed by atoms with Gasteiger partial charge in [-0.1, -0.05) is 11.3 Å². The van der Waals surface area contributed by atoms with Crippen LogP contribution in [0, 0.1) is 0 Å². The molecule has 1 aliphatic rings. The second-order valence-electron chi connectivity index (χ2n) is 6.41. The Morgan fingerprint density at radius 1 is 1.35 bits per heavy atom. The summed E-state index contributed by atoms with van der Waals surface area (Å²) in [6.07, 6.45) is 3.82. The fourth-order valence-corrected chi connectivity index (χ4v) is 3.91. The second kappa shape index (κ2) is 9.55. The Hall–Kier alpha value is -1.35. The van der Waals surface area contributed by atoms with Gasteiger partial charge in [0.25, 0.3) is 0 Å². The first-order valence-corrected chi connectivity index (χ1v) is 9.55. The third-order valence-corrected chi connectivity index (χ3v) is 5.47. The number of aromatic nitrogens is 3. The Balaban J connectivity index is 0.00000243. The molecule has 1 aliphatic heterocycles. The summed E-state index contributed by atoms with van der Waals surface area (Å²) in [4.78, 5) is 14.5. The quantitative estimate of drug-likeness (QED) is 0.711. The van der Waals surface area contributed by atoms with Crippen molar-refractivity contribution in [3.8, 4) is 16.5 Å². The van der Waals surface area contributed by atoms with Gasteiger partial charge >= 0.3 is 0 Å². The minimum absolute atomic E-state index is 0. The zero-order valence-corrected chi connectivity index (χ0v) is 17.5. The number of ether oxygens (including phenoxy) is 2. The molecular formula is C17H28ClN5O2S. The van der Waals surface area contributed by atoms with Crippen molar-refractivity contribution in [2.75, 3.05) is 58.5 Å². The highest BCUT2D eigenvalue weighted by atomic mass is 35.5. The van der Waals surface area contributed by atoms with Crippen LogP contribution in [0.5, 0.6) is 5.88 Å². The van der Waals surface area contributed by atoms with Gasteiger partial charge in [-0.15, -0.1) is 12.4 Å². The number of hydrogen-bond donors (Lipinski definition) is 0. The molecule has 3 rings (SSSR count). The molecule has 0 N–H and O–H groups in total. The zero-order chi connectivity index (χ0) is 17.8. The molecule has 7 nitrogen and oxygen atoms in total. The van der Waals surface area contributed by atoms with E-state index in [9.17, 15) is 0 Å².